The summed E-state index contributed by atoms with van der Waals surface area (Å²) in [6, 6.07) is 0.431. The number of H-pyrrole nitrogens is 1. The van der Waals surface area contributed by atoms with Crippen molar-refractivity contribution in [1.82, 2.24) is 10.3 Å². The second-order valence-electron chi connectivity index (χ2n) is 2.84. The quantitative estimate of drug-likeness (QED) is 0.736. The highest BCUT2D eigenvalue weighted by molar-refractivity contribution is 7.07. The number of thiazole rings is 1. The second kappa shape index (κ2) is 4.42. The van der Waals surface area contributed by atoms with Crippen molar-refractivity contribution in [3.8, 4) is 0 Å². The van der Waals surface area contributed by atoms with E-state index in [2.05, 4.69) is 24.1 Å². The van der Waals surface area contributed by atoms with Crippen molar-refractivity contribution < 1.29 is 0 Å². The van der Waals surface area contributed by atoms with Gasteiger partial charge < -0.3 is 10.3 Å². The van der Waals surface area contributed by atoms with E-state index < -0.39 is 0 Å². The standard InChI is InChI=1S/C8H14N2OS/c1-3-9-6(2)4-7-5-12-8(11)10-7/h5-6,9H,3-4H2,1-2H3,(H,10,11). The molecule has 0 fully saturated rings. The molecule has 0 aliphatic rings. The van der Waals surface area contributed by atoms with Gasteiger partial charge in [-0.05, 0) is 13.5 Å². The lowest BCUT2D eigenvalue weighted by atomic mass is 10.2. The number of rotatable bonds is 4. The molecule has 12 heavy (non-hydrogen) atoms. The van der Waals surface area contributed by atoms with Gasteiger partial charge in [0.05, 0.1) is 0 Å². The average molecular weight is 186 g/mol. The predicted molar refractivity (Wildman–Crippen MR) is 51.8 cm³/mol. The van der Waals surface area contributed by atoms with Gasteiger partial charge in [-0.3, -0.25) is 4.79 Å². The van der Waals surface area contributed by atoms with Gasteiger partial charge in [0.25, 0.3) is 0 Å². The van der Waals surface area contributed by atoms with Gasteiger partial charge in [-0.25, -0.2) is 0 Å². The van der Waals surface area contributed by atoms with E-state index in [1.807, 2.05) is 5.38 Å². The van der Waals surface area contributed by atoms with Gasteiger partial charge in [0.15, 0.2) is 0 Å². The number of aromatic nitrogens is 1. The molecule has 2 N–H and O–H groups in total. The molecular weight excluding hydrogens is 172 g/mol. The van der Waals surface area contributed by atoms with E-state index in [0.717, 1.165) is 18.7 Å². The molecule has 3 nitrogen and oxygen atoms in total. The Bertz CT molecular complexity index is 279. The number of hydrogen-bond acceptors (Lipinski definition) is 3. The van der Waals surface area contributed by atoms with Crippen LogP contribution in [0.1, 0.15) is 19.5 Å². The van der Waals surface area contributed by atoms with E-state index in [-0.39, 0.29) is 4.87 Å². The summed E-state index contributed by atoms with van der Waals surface area (Å²) in [5.74, 6) is 0. The molecule has 0 radical (unpaired) electrons. The van der Waals surface area contributed by atoms with Crippen LogP contribution in [0, 0.1) is 0 Å². The second-order valence-corrected chi connectivity index (χ2v) is 3.68. The minimum absolute atomic E-state index is 0.0358. The lowest BCUT2D eigenvalue weighted by Gasteiger charge is -2.09. The molecule has 1 atom stereocenters. The summed E-state index contributed by atoms with van der Waals surface area (Å²) in [7, 11) is 0. The van der Waals surface area contributed by atoms with Crippen LogP contribution in [0.2, 0.25) is 0 Å². The highest BCUT2D eigenvalue weighted by Gasteiger charge is 2.02. The molecule has 1 aromatic rings. The first-order valence-electron chi connectivity index (χ1n) is 4.12. The third-order valence-electron chi connectivity index (χ3n) is 1.65. The molecule has 68 valence electrons. The van der Waals surface area contributed by atoms with E-state index >= 15 is 0 Å². The molecule has 0 spiro atoms. The van der Waals surface area contributed by atoms with Crippen LogP contribution < -0.4 is 10.2 Å². The smallest absolute Gasteiger partial charge is 0.304 e. The number of likely N-dealkylation sites (N-methyl/N-ethyl adjacent to an activating group) is 1. The molecule has 1 rings (SSSR count). The van der Waals surface area contributed by atoms with E-state index in [1.165, 1.54) is 11.3 Å². The van der Waals surface area contributed by atoms with E-state index in [9.17, 15) is 4.79 Å². The van der Waals surface area contributed by atoms with Crippen molar-refractivity contribution in [3.05, 3.63) is 20.7 Å². The van der Waals surface area contributed by atoms with Crippen LogP contribution in [-0.2, 0) is 6.42 Å². The fourth-order valence-electron chi connectivity index (χ4n) is 1.16. The summed E-state index contributed by atoms with van der Waals surface area (Å²) in [6.07, 6.45) is 0.895. The molecule has 0 aromatic carbocycles. The molecule has 0 amide bonds. The summed E-state index contributed by atoms with van der Waals surface area (Å²) in [5.41, 5.74) is 1.03. The van der Waals surface area contributed by atoms with E-state index in [4.69, 9.17) is 0 Å². The minimum Gasteiger partial charge on any atom is -0.317 e. The van der Waals surface area contributed by atoms with Crippen LogP contribution in [0.3, 0.4) is 0 Å². The van der Waals surface area contributed by atoms with Gasteiger partial charge in [-0.15, -0.1) is 0 Å². The maximum Gasteiger partial charge on any atom is 0.304 e. The summed E-state index contributed by atoms with van der Waals surface area (Å²) < 4.78 is 0. The van der Waals surface area contributed by atoms with E-state index in [1.54, 1.807) is 0 Å². The van der Waals surface area contributed by atoms with Crippen LogP contribution in [0.5, 0.6) is 0 Å². The van der Waals surface area contributed by atoms with Crippen LogP contribution in [0.15, 0.2) is 10.2 Å². The topological polar surface area (TPSA) is 44.9 Å². The van der Waals surface area contributed by atoms with Gasteiger partial charge in [-0.1, -0.05) is 18.3 Å². The predicted octanol–water partition coefficient (Wildman–Crippen LogP) is 0.977. The van der Waals surface area contributed by atoms with Crippen LogP contribution >= 0.6 is 11.3 Å². The lowest BCUT2D eigenvalue weighted by molar-refractivity contribution is 0.560. The summed E-state index contributed by atoms with van der Waals surface area (Å²) in [6.45, 7) is 5.15. The first-order chi connectivity index (χ1) is 5.72. The zero-order chi connectivity index (χ0) is 8.97. The molecule has 0 saturated heterocycles. The zero-order valence-corrected chi connectivity index (χ0v) is 8.20. The monoisotopic (exact) mass is 186 g/mol. The molecule has 1 aromatic heterocycles. The summed E-state index contributed by atoms with van der Waals surface area (Å²) >= 11 is 1.23. The minimum atomic E-state index is 0.0358. The van der Waals surface area contributed by atoms with Crippen molar-refractivity contribution in [2.45, 2.75) is 26.3 Å². The third kappa shape index (κ3) is 2.79. The number of aromatic amines is 1. The maximum atomic E-state index is 10.8. The Kier molecular flexibility index (Phi) is 3.49. The summed E-state index contributed by atoms with van der Waals surface area (Å²) in [5, 5.41) is 5.17. The molecule has 1 heterocycles. The van der Waals surface area contributed by atoms with Crippen molar-refractivity contribution in [2.75, 3.05) is 6.54 Å². The van der Waals surface area contributed by atoms with Crippen molar-refractivity contribution in [3.63, 3.8) is 0 Å². The van der Waals surface area contributed by atoms with Crippen LogP contribution in [0.25, 0.3) is 0 Å². The summed E-state index contributed by atoms with van der Waals surface area (Å²) in [4.78, 5) is 13.6. The highest BCUT2D eigenvalue weighted by atomic mass is 32.1. The van der Waals surface area contributed by atoms with Crippen molar-refractivity contribution in [2.24, 2.45) is 0 Å². The first kappa shape index (κ1) is 9.48. The molecular formula is C8H14N2OS. The lowest BCUT2D eigenvalue weighted by Crippen LogP contribution is -2.27. The van der Waals surface area contributed by atoms with Gasteiger partial charge in [0.1, 0.15) is 0 Å². The van der Waals surface area contributed by atoms with Gasteiger partial charge in [0.2, 0.25) is 0 Å². The molecule has 0 bridgehead atoms. The van der Waals surface area contributed by atoms with Crippen LogP contribution in [0.4, 0.5) is 0 Å². The Morgan fingerprint density at radius 1 is 1.75 bits per heavy atom. The Hall–Kier alpha value is -0.610. The fourth-order valence-corrected chi connectivity index (χ4v) is 1.76. The zero-order valence-electron chi connectivity index (χ0n) is 7.39. The van der Waals surface area contributed by atoms with Gasteiger partial charge >= 0.3 is 4.87 Å². The Labute approximate surface area is 75.8 Å². The maximum absolute atomic E-state index is 10.8. The van der Waals surface area contributed by atoms with Crippen molar-refractivity contribution >= 4 is 11.3 Å². The molecule has 0 aliphatic heterocycles. The SMILES string of the molecule is CCNC(C)Cc1csc(=O)[nH]1. The van der Waals surface area contributed by atoms with Gasteiger partial charge in [0, 0.05) is 23.5 Å². The number of nitrogens with one attached hydrogen (secondary N) is 2. The molecule has 0 saturated carbocycles. The van der Waals surface area contributed by atoms with E-state index in [0.29, 0.717) is 6.04 Å². The highest BCUT2D eigenvalue weighted by Crippen LogP contribution is 1.99. The number of hydrogen-bond donors (Lipinski definition) is 2. The van der Waals surface area contributed by atoms with Crippen molar-refractivity contribution in [1.29, 1.82) is 0 Å². The Morgan fingerprint density at radius 2 is 2.50 bits per heavy atom. The van der Waals surface area contributed by atoms with Gasteiger partial charge in [-0.2, -0.15) is 0 Å². The largest absolute Gasteiger partial charge is 0.317 e. The average Bonchev–Trinajstić information content (AvgIpc) is 2.36. The normalized spacial score (nSPS) is 13.2. The molecule has 4 heteroatoms. The first-order valence-corrected chi connectivity index (χ1v) is 5.00. The Morgan fingerprint density at radius 3 is 3.00 bits per heavy atom. The molecule has 1 unspecified atom stereocenters. The Balaban J connectivity index is 2.46. The van der Waals surface area contributed by atoms with Crippen LogP contribution in [-0.4, -0.2) is 17.6 Å². The third-order valence-corrected chi connectivity index (χ3v) is 2.37. The molecule has 0 aliphatic carbocycles. The fraction of sp³-hybridized carbons (Fsp3) is 0.625.